The fourth-order valence-electron chi connectivity index (χ4n) is 9.95. The zero-order valence-corrected chi connectivity index (χ0v) is 48.6. The predicted molar refractivity (Wildman–Crippen MR) is 304 cm³/mol. The summed E-state index contributed by atoms with van der Waals surface area (Å²) in [5, 5.41) is 31.4. The van der Waals surface area contributed by atoms with Crippen LogP contribution in [0.2, 0.25) is 0 Å². The second-order valence-corrected chi connectivity index (χ2v) is 22.1. The van der Waals surface area contributed by atoms with Gasteiger partial charge in [0.05, 0.1) is 6.61 Å². The fraction of sp³-hybridized carbons (Fsp3) is 0.905. The maximum absolute atomic E-state index is 13.2. The molecule has 0 aliphatic carbocycles. The molecule has 1 aliphatic rings. The minimum absolute atomic E-state index is 0.0664. The van der Waals surface area contributed by atoms with E-state index in [2.05, 4.69) is 32.9 Å². The first kappa shape index (κ1) is 70.5. The van der Waals surface area contributed by atoms with Gasteiger partial charge in [-0.15, -0.1) is 0 Å². The fourth-order valence-corrected chi connectivity index (χ4v) is 9.95. The first-order chi connectivity index (χ1) is 36.6. The van der Waals surface area contributed by atoms with Crippen LogP contribution in [0.1, 0.15) is 316 Å². The van der Waals surface area contributed by atoms with Gasteiger partial charge in [-0.1, -0.05) is 264 Å². The van der Waals surface area contributed by atoms with Gasteiger partial charge in [-0.05, 0) is 44.9 Å². The first-order valence-corrected chi connectivity index (χ1v) is 31.7. The lowest BCUT2D eigenvalue weighted by molar-refractivity contribution is -0.301. The third-order valence-corrected chi connectivity index (χ3v) is 14.8. The van der Waals surface area contributed by atoms with E-state index in [1.807, 2.05) is 0 Å². The van der Waals surface area contributed by atoms with Crippen LogP contribution in [0.5, 0.6) is 0 Å². The number of aliphatic hydroxyl groups is 2. The monoisotopic (exact) mass is 1060 g/mol. The average Bonchev–Trinajstić information content (AvgIpc) is 3.39. The van der Waals surface area contributed by atoms with Crippen LogP contribution in [0, 0.1) is 0 Å². The van der Waals surface area contributed by atoms with E-state index in [4.69, 9.17) is 23.7 Å². The van der Waals surface area contributed by atoms with Crippen molar-refractivity contribution in [3.05, 3.63) is 12.2 Å². The molecule has 0 saturated carbocycles. The standard InChI is InChI=1S/C63H116O12/c1-4-7-10-13-16-19-21-23-25-27-28-30-31-33-35-38-40-43-46-49-55(64)71-52-54(73-56(65)50-47-44-42-39-36-34-32-29-26-24-22-20-17-14-11-8-5-2)53-72-63-61(59(68)58(67)60(75-63)62(69)70)74-57(66)51-48-45-41-37-18-15-12-9-6-3/h24,26,54,58-61,63,67-68H,4-23,25,27-53H2,1-3H3,(H,69,70)/b26-24-. The van der Waals surface area contributed by atoms with Crippen molar-refractivity contribution in [2.45, 2.75) is 353 Å². The highest BCUT2D eigenvalue weighted by molar-refractivity contribution is 5.74. The van der Waals surface area contributed by atoms with Crippen LogP contribution in [-0.4, -0.2) is 89.2 Å². The van der Waals surface area contributed by atoms with Gasteiger partial charge in [0, 0.05) is 19.3 Å². The molecule has 0 radical (unpaired) electrons. The summed E-state index contributed by atoms with van der Waals surface area (Å²) >= 11 is 0. The third-order valence-electron chi connectivity index (χ3n) is 14.8. The average molecular weight is 1070 g/mol. The smallest absolute Gasteiger partial charge is 0.335 e. The minimum atomic E-state index is -1.90. The Hall–Kier alpha value is -2.54. The lowest BCUT2D eigenvalue weighted by atomic mass is 9.98. The zero-order valence-electron chi connectivity index (χ0n) is 48.6. The Morgan fingerprint density at radius 1 is 0.427 bits per heavy atom. The maximum atomic E-state index is 13.2. The van der Waals surface area contributed by atoms with Gasteiger partial charge in [0.2, 0.25) is 0 Å². The van der Waals surface area contributed by atoms with Crippen LogP contribution in [0.3, 0.4) is 0 Å². The summed E-state index contributed by atoms with van der Waals surface area (Å²) < 4.78 is 28.5. The number of carboxylic acids is 1. The van der Waals surface area contributed by atoms with Gasteiger partial charge in [0.25, 0.3) is 0 Å². The topological polar surface area (TPSA) is 175 Å². The van der Waals surface area contributed by atoms with E-state index < -0.39 is 67.3 Å². The Morgan fingerprint density at radius 2 is 0.760 bits per heavy atom. The summed E-state index contributed by atoms with van der Waals surface area (Å²) in [6.07, 6.45) is 46.3. The molecule has 0 aromatic heterocycles. The van der Waals surface area contributed by atoms with E-state index in [1.165, 1.54) is 180 Å². The van der Waals surface area contributed by atoms with E-state index in [0.29, 0.717) is 19.3 Å². The summed E-state index contributed by atoms with van der Waals surface area (Å²) in [6, 6.07) is 0. The number of carboxylic acid groups (broad SMARTS) is 1. The lowest BCUT2D eigenvalue weighted by Gasteiger charge is -2.40. The summed E-state index contributed by atoms with van der Waals surface area (Å²) in [5.74, 6) is -3.09. The van der Waals surface area contributed by atoms with E-state index in [9.17, 15) is 34.5 Å². The van der Waals surface area contributed by atoms with Crippen LogP contribution in [0.15, 0.2) is 12.2 Å². The number of aliphatic hydroxyl groups excluding tert-OH is 2. The van der Waals surface area contributed by atoms with Crippen LogP contribution < -0.4 is 0 Å². The molecule has 440 valence electrons. The molecule has 12 heteroatoms. The molecule has 0 amide bonds. The Morgan fingerprint density at radius 3 is 1.13 bits per heavy atom. The van der Waals surface area contributed by atoms with Crippen LogP contribution in [0.4, 0.5) is 0 Å². The molecule has 1 saturated heterocycles. The molecule has 0 aromatic carbocycles. The van der Waals surface area contributed by atoms with E-state index in [1.54, 1.807) is 0 Å². The number of unbranched alkanes of at least 4 members (excludes halogenated alkanes) is 39. The normalized spacial score (nSPS) is 18.1. The quantitative estimate of drug-likeness (QED) is 0.0228. The van der Waals surface area contributed by atoms with Gasteiger partial charge in [0.1, 0.15) is 18.8 Å². The van der Waals surface area contributed by atoms with Gasteiger partial charge in [-0.25, -0.2) is 4.79 Å². The van der Waals surface area contributed by atoms with Crippen LogP contribution in [-0.2, 0) is 42.9 Å². The van der Waals surface area contributed by atoms with Gasteiger partial charge < -0.3 is 39.0 Å². The van der Waals surface area contributed by atoms with Gasteiger partial charge in [0.15, 0.2) is 24.6 Å². The van der Waals surface area contributed by atoms with E-state index >= 15 is 0 Å². The molecular formula is C63H116O12. The van der Waals surface area contributed by atoms with Crippen molar-refractivity contribution in [3.8, 4) is 0 Å². The van der Waals surface area contributed by atoms with Crippen LogP contribution >= 0.6 is 0 Å². The number of carbonyl (C=O) groups excluding carboxylic acids is 3. The molecule has 6 atom stereocenters. The summed E-state index contributed by atoms with van der Waals surface area (Å²) in [5.41, 5.74) is 0. The number of aliphatic carboxylic acids is 1. The van der Waals surface area contributed by atoms with E-state index in [0.717, 1.165) is 77.0 Å². The van der Waals surface area contributed by atoms with Gasteiger partial charge in [-0.3, -0.25) is 14.4 Å². The highest BCUT2D eigenvalue weighted by Crippen LogP contribution is 2.27. The third kappa shape index (κ3) is 42.1. The van der Waals surface area contributed by atoms with Crippen molar-refractivity contribution in [2.75, 3.05) is 13.2 Å². The van der Waals surface area contributed by atoms with Crippen molar-refractivity contribution < 1.29 is 58.2 Å². The Balaban J connectivity index is 2.61. The second-order valence-electron chi connectivity index (χ2n) is 22.1. The Labute approximate surface area is 458 Å². The largest absolute Gasteiger partial charge is 0.479 e. The second kappa shape index (κ2) is 52.2. The molecule has 1 aliphatic heterocycles. The number of carbonyl (C=O) groups is 4. The SMILES string of the molecule is CCCCCCCC/C=C\CCCCCCCCCC(=O)OC(COC(=O)CCCCCCCCCCCCCCCCCCCCC)COC1OC(C(=O)O)C(O)C(O)C1OC(=O)CCCCCCCCCCC. The van der Waals surface area contributed by atoms with Crippen molar-refractivity contribution in [3.63, 3.8) is 0 Å². The van der Waals surface area contributed by atoms with Crippen LogP contribution in [0.25, 0.3) is 0 Å². The number of hydrogen-bond donors (Lipinski definition) is 3. The molecular weight excluding hydrogens is 949 g/mol. The molecule has 1 rings (SSSR count). The van der Waals surface area contributed by atoms with Gasteiger partial charge in [-0.2, -0.15) is 0 Å². The highest BCUT2D eigenvalue weighted by atomic mass is 16.7. The van der Waals surface area contributed by atoms with Crippen molar-refractivity contribution in [1.29, 1.82) is 0 Å². The molecule has 6 unspecified atom stereocenters. The number of hydrogen-bond acceptors (Lipinski definition) is 11. The zero-order chi connectivity index (χ0) is 54.7. The summed E-state index contributed by atoms with van der Waals surface area (Å²) in [4.78, 5) is 51.1. The highest BCUT2D eigenvalue weighted by Gasteiger charge is 2.50. The Kier molecular flexibility index (Phi) is 49.0. The molecule has 75 heavy (non-hydrogen) atoms. The maximum Gasteiger partial charge on any atom is 0.335 e. The number of ether oxygens (including phenoxy) is 5. The summed E-state index contributed by atoms with van der Waals surface area (Å²) in [7, 11) is 0. The predicted octanol–water partition coefficient (Wildman–Crippen LogP) is 16.5. The molecule has 1 heterocycles. The first-order valence-electron chi connectivity index (χ1n) is 31.7. The molecule has 0 bridgehead atoms. The van der Waals surface area contributed by atoms with Crippen molar-refractivity contribution in [2.24, 2.45) is 0 Å². The number of rotatable bonds is 55. The van der Waals surface area contributed by atoms with Gasteiger partial charge >= 0.3 is 23.9 Å². The molecule has 0 aromatic rings. The van der Waals surface area contributed by atoms with Crippen molar-refractivity contribution >= 4 is 23.9 Å². The van der Waals surface area contributed by atoms with Crippen molar-refractivity contribution in [1.82, 2.24) is 0 Å². The molecule has 3 N–H and O–H groups in total. The Bertz CT molecular complexity index is 1360. The molecule has 0 spiro atoms. The number of esters is 3. The van der Waals surface area contributed by atoms with E-state index in [-0.39, 0.29) is 25.9 Å². The summed E-state index contributed by atoms with van der Waals surface area (Å²) in [6.45, 7) is 6.00. The lowest BCUT2D eigenvalue weighted by Crippen LogP contribution is -2.61. The minimum Gasteiger partial charge on any atom is -0.479 e. The number of allylic oxidation sites excluding steroid dienone is 2. The molecule has 12 nitrogen and oxygen atoms in total. The molecule has 1 fully saturated rings.